The van der Waals surface area contributed by atoms with E-state index in [4.69, 9.17) is 11.6 Å². The van der Waals surface area contributed by atoms with Crippen LogP contribution in [0.5, 0.6) is 0 Å². The molecule has 0 radical (unpaired) electrons. The minimum atomic E-state index is -2.95. The molecule has 1 amide bonds. The normalized spacial score (nSPS) is 25.5. The zero-order chi connectivity index (χ0) is 10.1. The molecule has 1 fully saturated rings. The lowest BCUT2D eigenvalue weighted by Gasteiger charge is -2.08. The number of nitrogens with one attached hydrogen (secondary N) is 1. The summed E-state index contributed by atoms with van der Waals surface area (Å²) < 4.78 is 22.0. The molecule has 1 rings (SSSR count). The van der Waals surface area contributed by atoms with Gasteiger partial charge in [-0.25, -0.2) is 8.42 Å². The summed E-state index contributed by atoms with van der Waals surface area (Å²) in [6, 6.07) is -0.312. The highest BCUT2D eigenvalue weighted by Crippen LogP contribution is 2.11. The Hall–Kier alpha value is -0.550. The molecular formula is C7H10ClNO3S. The summed E-state index contributed by atoms with van der Waals surface area (Å²) >= 11 is 5.32. The maximum absolute atomic E-state index is 11.0. The second kappa shape index (κ2) is 3.67. The summed E-state index contributed by atoms with van der Waals surface area (Å²) in [6.07, 6.45) is 0.457. The highest BCUT2D eigenvalue weighted by molar-refractivity contribution is 7.91. The minimum absolute atomic E-state index is 0.00289. The number of amides is 1. The van der Waals surface area contributed by atoms with Gasteiger partial charge >= 0.3 is 0 Å². The Morgan fingerprint density at radius 2 is 2.15 bits per heavy atom. The quantitative estimate of drug-likeness (QED) is 0.673. The van der Waals surface area contributed by atoms with Crippen LogP contribution in [-0.4, -0.2) is 31.9 Å². The van der Waals surface area contributed by atoms with Gasteiger partial charge in [0.2, 0.25) is 0 Å². The van der Waals surface area contributed by atoms with Crippen LogP contribution in [0.4, 0.5) is 0 Å². The van der Waals surface area contributed by atoms with Crippen molar-refractivity contribution in [2.45, 2.75) is 12.5 Å². The molecule has 74 valence electrons. The van der Waals surface area contributed by atoms with Crippen LogP contribution in [0.25, 0.3) is 0 Å². The summed E-state index contributed by atoms with van der Waals surface area (Å²) in [5.41, 5.74) is 0. The molecule has 4 nitrogen and oxygen atoms in total. The van der Waals surface area contributed by atoms with E-state index in [2.05, 4.69) is 11.9 Å². The van der Waals surface area contributed by atoms with Crippen LogP contribution in [0, 0.1) is 0 Å². The van der Waals surface area contributed by atoms with Crippen molar-refractivity contribution < 1.29 is 13.2 Å². The number of hydrogen-bond acceptors (Lipinski definition) is 3. The van der Waals surface area contributed by atoms with E-state index in [1.165, 1.54) is 0 Å². The van der Waals surface area contributed by atoms with Gasteiger partial charge in [-0.05, 0) is 6.42 Å². The number of sulfone groups is 1. The van der Waals surface area contributed by atoms with Gasteiger partial charge in [0, 0.05) is 6.04 Å². The summed E-state index contributed by atoms with van der Waals surface area (Å²) in [7, 11) is -2.95. The maximum atomic E-state index is 11.0. The molecule has 1 atom stereocenters. The first kappa shape index (κ1) is 10.5. The van der Waals surface area contributed by atoms with E-state index < -0.39 is 15.7 Å². The molecule has 0 aromatic heterocycles. The van der Waals surface area contributed by atoms with Gasteiger partial charge in [0.25, 0.3) is 5.91 Å². The Kier molecular flexibility index (Phi) is 2.98. The molecule has 0 spiro atoms. The van der Waals surface area contributed by atoms with Gasteiger partial charge in [-0.1, -0.05) is 18.2 Å². The molecule has 1 aliphatic rings. The van der Waals surface area contributed by atoms with Gasteiger partial charge in [-0.15, -0.1) is 0 Å². The zero-order valence-corrected chi connectivity index (χ0v) is 8.49. The van der Waals surface area contributed by atoms with E-state index in [0.29, 0.717) is 6.42 Å². The number of hydrogen-bond donors (Lipinski definition) is 1. The van der Waals surface area contributed by atoms with E-state index in [1.807, 2.05) is 0 Å². The fourth-order valence-electron chi connectivity index (χ4n) is 1.17. The Balaban J connectivity index is 2.50. The lowest BCUT2D eigenvalue weighted by atomic mass is 10.2. The van der Waals surface area contributed by atoms with Crippen LogP contribution in [-0.2, 0) is 14.6 Å². The van der Waals surface area contributed by atoms with Crippen LogP contribution in [0.2, 0.25) is 0 Å². The van der Waals surface area contributed by atoms with Gasteiger partial charge in [-0.2, -0.15) is 0 Å². The first-order chi connectivity index (χ1) is 5.91. The first-order valence-electron chi connectivity index (χ1n) is 3.76. The Labute approximate surface area is 81.9 Å². The van der Waals surface area contributed by atoms with E-state index >= 15 is 0 Å². The third kappa shape index (κ3) is 3.00. The number of carbonyl (C=O) groups is 1. The molecule has 1 saturated heterocycles. The van der Waals surface area contributed by atoms with Crippen molar-refractivity contribution in [1.29, 1.82) is 0 Å². The van der Waals surface area contributed by atoms with Crippen LogP contribution >= 0.6 is 11.6 Å². The Bertz CT molecular complexity index is 336. The van der Waals surface area contributed by atoms with Gasteiger partial charge < -0.3 is 5.32 Å². The fraction of sp³-hybridized carbons (Fsp3) is 0.571. The topological polar surface area (TPSA) is 63.2 Å². The molecule has 0 aliphatic carbocycles. The average molecular weight is 224 g/mol. The predicted molar refractivity (Wildman–Crippen MR) is 50.2 cm³/mol. The monoisotopic (exact) mass is 223 g/mol. The van der Waals surface area contributed by atoms with Crippen molar-refractivity contribution in [2.24, 2.45) is 0 Å². The van der Waals surface area contributed by atoms with Gasteiger partial charge in [0.05, 0.1) is 16.5 Å². The maximum Gasteiger partial charge on any atom is 0.262 e. The number of carbonyl (C=O) groups excluding carboxylic acids is 1. The average Bonchev–Trinajstić information content (AvgIpc) is 2.30. The minimum Gasteiger partial charge on any atom is -0.348 e. The highest BCUT2D eigenvalue weighted by Gasteiger charge is 2.28. The lowest BCUT2D eigenvalue weighted by Crippen LogP contribution is -2.35. The Morgan fingerprint density at radius 1 is 1.54 bits per heavy atom. The molecule has 0 bridgehead atoms. The fourth-order valence-corrected chi connectivity index (χ4v) is 2.90. The molecule has 1 heterocycles. The summed E-state index contributed by atoms with van der Waals surface area (Å²) in [5, 5.41) is 2.36. The van der Waals surface area contributed by atoms with Crippen molar-refractivity contribution in [1.82, 2.24) is 5.32 Å². The van der Waals surface area contributed by atoms with Gasteiger partial charge in [-0.3, -0.25) is 4.79 Å². The largest absolute Gasteiger partial charge is 0.348 e. The van der Waals surface area contributed by atoms with Crippen LogP contribution < -0.4 is 5.32 Å². The molecule has 1 aliphatic heterocycles. The molecular weight excluding hydrogens is 214 g/mol. The number of rotatable bonds is 2. The second-order valence-corrected chi connectivity index (χ2v) is 5.66. The predicted octanol–water partition coefficient (Wildman–Crippen LogP) is 0.0422. The smallest absolute Gasteiger partial charge is 0.262 e. The molecule has 6 heteroatoms. The molecule has 13 heavy (non-hydrogen) atoms. The molecule has 1 unspecified atom stereocenters. The van der Waals surface area contributed by atoms with Gasteiger partial charge in [0.1, 0.15) is 0 Å². The van der Waals surface area contributed by atoms with Crippen LogP contribution in [0.15, 0.2) is 11.6 Å². The van der Waals surface area contributed by atoms with Gasteiger partial charge in [0.15, 0.2) is 9.84 Å². The summed E-state index contributed by atoms with van der Waals surface area (Å²) in [5.74, 6) is -0.362. The molecule has 1 N–H and O–H groups in total. The molecule has 0 aromatic rings. The Morgan fingerprint density at radius 3 is 2.54 bits per heavy atom. The molecule has 0 aromatic carbocycles. The van der Waals surface area contributed by atoms with Crippen molar-refractivity contribution >= 4 is 27.3 Å². The summed E-state index contributed by atoms with van der Waals surface area (Å²) in [4.78, 5) is 11.0. The molecule has 0 saturated carbocycles. The SMILES string of the molecule is C=C(Cl)C(=O)NC1CCS(=O)(=O)C1. The van der Waals surface area contributed by atoms with E-state index in [9.17, 15) is 13.2 Å². The third-order valence-corrected chi connectivity index (χ3v) is 3.75. The highest BCUT2D eigenvalue weighted by atomic mass is 35.5. The van der Waals surface area contributed by atoms with Crippen LogP contribution in [0.1, 0.15) is 6.42 Å². The third-order valence-electron chi connectivity index (χ3n) is 1.81. The summed E-state index contributed by atoms with van der Waals surface area (Å²) in [6.45, 7) is 3.24. The number of halogens is 1. The van der Waals surface area contributed by atoms with Crippen molar-refractivity contribution in [3.8, 4) is 0 Å². The second-order valence-electron chi connectivity index (χ2n) is 2.98. The van der Waals surface area contributed by atoms with E-state index in [1.54, 1.807) is 0 Å². The van der Waals surface area contributed by atoms with E-state index in [0.717, 1.165) is 0 Å². The van der Waals surface area contributed by atoms with Crippen LogP contribution in [0.3, 0.4) is 0 Å². The standard InChI is InChI=1S/C7H10ClNO3S/c1-5(8)7(10)9-6-2-3-13(11,12)4-6/h6H,1-4H2,(H,9,10). The van der Waals surface area contributed by atoms with Crippen molar-refractivity contribution in [2.75, 3.05) is 11.5 Å². The first-order valence-corrected chi connectivity index (χ1v) is 5.96. The van der Waals surface area contributed by atoms with Crippen molar-refractivity contribution in [3.63, 3.8) is 0 Å². The van der Waals surface area contributed by atoms with Crippen molar-refractivity contribution in [3.05, 3.63) is 11.6 Å². The lowest BCUT2D eigenvalue weighted by molar-refractivity contribution is -0.117. The zero-order valence-electron chi connectivity index (χ0n) is 6.92. The van der Waals surface area contributed by atoms with E-state index in [-0.39, 0.29) is 22.6 Å².